The molecule has 92 valence electrons. The molecule has 2 rings (SSSR count). The van der Waals surface area contributed by atoms with E-state index in [2.05, 4.69) is 11.6 Å². The summed E-state index contributed by atoms with van der Waals surface area (Å²) in [6.07, 6.45) is 9.60. The lowest BCUT2D eigenvalue weighted by Gasteiger charge is -2.04. The fourth-order valence-electron chi connectivity index (χ4n) is 1.92. The summed E-state index contributed by atoms with van der Waals surface area (Å²) in [5.41, 5.74) is 3.98. The molecular weight excluding hydrogens is 244 g/mol. The van der Waals surface area contributed by atoms with Crippen molar-refractivity contribution in [3.8, 4) is 0 Å². The first-order valence-corrected chi connectivity index (χ1v) is 6.11. The van der Waals surface area contributed by atoms with Crippen LogP contribution in [-0.2, 0) is 0 Å². The average molecular weight is 259 g/mol. The molecule has 0 spiro atoms. The predicted molar refractivity (Wildman–Crippen MR) is 77.7 cm³/mol. The second-order valence-electron chi connectivity index (χ2n) is 4.12. The number of allylic oxidation sites excluding steroid dienone is 5. The highest BCUT2D eigenvalue weighted by molar-refractivity contribution is 6.30. The second-order valence-corrected chi connectivity index (χ2v) is 4.72. The van der Waals surface area contributed by atoms with Gasteiger partial charge in [-0.2, -0.15) is 0 Å². The number of fused-ring (bicyclic) bond motifs is 1. The number of nitrogens with zero attached hydrogens (tertiary/aromatic N) is 2. The van der Waals surface area contributed by atoms with Crippen LogP contribution in [-0.4, -0.2) is 9.38 Å². The maximum Gasteiger partial charge on any atom is 0.144 e. The minimum Gasteiger partial charge on any atom is -0.306 e. The molecule has 0 aliphatic heterocycles. The Labute approximate surface area is 112 Å². The molecule has 0 bridgehead atoms. The van der Waals surface area contributed by atoms with Gasteiger partial charge in [-0.3, -0.25) is 0 Å². The minimum atomic E-state index is 0.730. The van der Waals surface area contributed by atoms with Crippen molar-refractivity contribution in [3.63, 3.8) is 0 Å². The third-order valence-corrected chi connectivity index (χ3v) is 2.68. The topological polar surface area (TPSA) is 17.3 Å². The smallest absolute Gasteiger partial charge is 0.144 e. The van der Waals surface area contributed by atoms with Gasteiger partial charge in [0, 0.05) is 23.0 Å². The lowest BCUT2D eigenvalue weighted by atomic mass is 10.1. The van der Waals surface area contributed by atoms with Crippen LogP contribution in [0.2, 0.25) is 0 Å². The normalized spacial score (nSPS) is 13.1. The summed E-state index contributed by atoms with van der Waals surface area (Å²) in [5, 5.41) is 0.730. The van der Waals surface area contributed by atoms with Crippen LogP contribution in [0.15, 0.2) is 54.4 Å². The van der Waals surface area contributed by atoms with Crippen LogP contribution in [0, 0.1) is 6.92 Å². The van der Waals surface area contributed by atoms with E-state index >= 15 is 0 Å². The van der Waals surface area contributed by atoms with Gasteiger partial charge in [0.25, 0.3) is 0 Å². The SMILES string of the molecule is C=CC=C(C=C(C)Cl)c1cccn2cc(C)nc12. The van der Waals surface area contributed by atoms with E-state index < -0.39 is 0 Å². The van der Waals surface area contributed by atoms with Gasteiger partial charge in [0.1, 0.15) is 5.65 Å². The Morgan fingerprint density at radius 2 is 2.28 bits per heavy atom. The van der Waals surface area contributed by atoms with Gasteiger partial charge in [0.15, 0.2) is 0 Å². The molecule has 0 fully saturated rings. The molecule has 2 aromatic heterocycles. The Balaban J connectivity index is 2.68. The Hall–Kier alpha value is -1.80. The number of rotatable bonds is 3. The quantitative estimate of drug-likeness (QED) is 0.748. The van der Waals surface area contributed by atoms with Crippen molar-refractivity contribution in [1.82, 2.24) is 9.38 Å². The molecule has 0 unspecified atom stereocenters. The summed E-state index contributed by atoms with van der Waals surface area (Å²) in [5.74, 6) is 0. The van der Waals surface area contributed by atoms with Crippen LogP contribution in [0.5, 0.6) is 0 Å². The fraction of sp³-hybridized carbons (Fsp3) is 0.133. The van der Waals surface area contributed by atoms with E-state index in [1.807, 2.05) is 54.9 Å². The predicted octanol–water partition coefficient (Wildman–Crippen LogP) is 4.35. The van der Waals surface area contributed by atoms with E-state index in [0.29, 0.717) is 0 Å². The van der Waals surface area contributed by atoms with Crippen molar-refractivity contribution in [2.45, 2.75) is 13.8 Å². The van der Waals surface area contributed by atoms with Crippen LogP contribution >= 0.6 is 11.6 Å². The highest BCUT2D eigenvalue weighted by Gasteiger charge is 2.07. The molecule has 3 heteroatoms. The van der Waals surface area contributed by atoms with Gasteiger partial charge in [-0.15, -0.1) is 0 Å². The van der Waals surface area contributed by atoms with Crippen LogP contribution in [0.3, 0.4) is 0 Å². The third-order valence-electron chi connectivity index (χ3n) is 2.57. The lowest BCUT2D eigenvalue weighted by molar-refractivity contribution is 1.18. The molecule has 2 heterocycles. The zero-order chi connectivity index (χ0) is 13.1. The average Bonchev–Trinajstić information content (AvgIpc) is 2.67. The van der Waals surface area contributed by atoms with Crippen molar-refractivity contribution in [3.05, 3.63) is 65.6 Å². The number of aromatic nitrogens is 2. The zero-order valence-corrected chi connectivity index (χ0v) is 11.3. The molecule has 0 N–H and O–H groups in total. The van der Waals surface area contributed by atoms with E-state index in [0.717, 1.165) is 27.5 Å². The number of halogens is 1. The summed E-state index contributed by atoms with van der Waals surface area (Å²) in [7, 11) is 0. The third kappa shape index (κ3) is 2.54. The van der Waals surface area contributed by atoms with Gasteiger partial charge in [0.2, 0.25) is 0 Å². The van der Waals surface area contributed by atoms with Gasteiger partial charge in [-0.25, -0.2) is 4.98 Å². The Bertz CT molecular complexity index is 644. The largest absolute Gasteiger partial charge is 0.306 e. The van der Waals surface area contributed by atoms with E-state index in [9.17, 15) is 0 Å². The Kier molecular flexibility index (Phi) is 3.68. The summed E-state index contributed by atoms with van der Waals surface area (Å²) in [6, 6.07) is 4.03. The number of imidazole rings is 1. The van der Waals surface area contributed by atoms with E-state index in [1.54, 1.807) is 6.08 Å². The summed E-state index contributed by atoms with van der Waals surface area (Å²) >= 11 is 5.97. The monoisotopic (exact) mass is 258 g/mol. The maximum atomic E-state index is 5.97. The standard InChI is InChI=1S/C15H15ClN2/c1-4-6-13(9-11(2)16)14-7-5-8-18-10-12(3)17-15(14)18/h4-10H,1H2,2-3H3. The molecule has 2 aromatic rings. The number of hydrogen-bond donors (Lipinski definition) is 0. The molecule has 0 radical (unpaired) electrons. The molecule has 18 heavy (non-hydrogen) atoms. The van der Waals surface area contributed by atoms with Gasteiger partial charge < -0.3 is 4.40 Å². The van der Waals surface area contributed by atoms with Crippen molar-refractivity contribution >= 4 is 22.8 Å². The molecule has 0 aromatic carbocycles. The van der Waals surface area contributed by atoms with Gasteiger partial charge in [-0.1, -0.05) is 30.3 Å². The summed E-state index contributed by atoms with van der Waals surface area (Å²) in [6.45, 7) is 7.58. The first-order chi connectivity index (χ1) is 8.61. The molecule has 0 saturated carbocycles. The number of aryl methyl sites for hydroxylation is 1. The Morgan fingerprint density at radius 1 is 1.50 bits per heavy atom. The molecule has 2 nitrogen and oxygen atoms in total. The first kappa shape index (κ1) is 12.7. The minimum absolute atomic E-state index is 0.730. The fourth-order valence-corrected chi connectivity index (χ4v) is 2.04. The summed E-state index contributed by atoms with van der Waals surface area (Å²) in [4.78, 5) is 4.54. The number of pyridine rings is 1. The van der Waals surface area contributed by atoms with Crippen LogP contribution in [0.4, 0.5) is 0 Å². The van der Waals surface area contributed by atoms with Gasteiger partial charge >= 0.3 is 0 Å². The van der Waals surface area contributed by atoms with Crippen molar-refractivity contribution in [2.75, 3.05) is 0 Å². The molecule has 0 amide bonds. The van der Waals surface area contributed by atoms with Gasteiger partial charge in [0.05, 0.1) is 5.69 Å². The zero-order valence-electron chi connectivity index (χ0n) is 10.5. The van der Waals surface area contributed by atoms with Crippen molar-refractivity contribution < 1.29 is 0 Å². The van der Waals surface area contributed by atoms with E-state index in [4.69, 9.17) is 11.6 Å². The molecule has 0 atom stereocenters. The van der Waals surface area contributed by atoms with Crippen LogP contribution in [0.25, 0.3) is 11.2 Å². The molecule has 0 aliphatic carbocycles. The second kappa shape index (κ2) is 5.23. The highest BCUT2D eigenvalue weighted by atomic mass is 35.5. The molecular formula is C15H15ClN2. The van der Waals surface area contributed by atoms with Crippen LogP contribution in [0.1, 0.15) is 18.2 Å². The van der Waals surface area contributed by atoms with Crippen molar-refractivity contribution in [2.24, 2.45) is 0 Å². The van der Waals surface area contributed by atoms with E-state index in [-0.39, 0.29) is 0 Å². The highest BCUT2D eigenvalue weighted by Crippen LogP contribution is 2.23. The van der Waals surface area contributed by atoms with Crippen LogP contribution < -0.4 is 0 Å². The van der Waals surface area contributed by atoms with Crippen molar-refractivity contribution in [1.29, 1.82) is 0 Å². The summed E-state index contributed by atoms with van der Waals surface area (Å²) < 4.78 is 2.01. The lowest BCUT2D eigenvalue weighted by Crippen LogP contribution is -1.90. The van der Waals surface area contributed by atoms with E-state index in [1.165, 1.54) is 0 Å². The number of hydrogen-bond acceptors (Lipinski definition) is 1. The first-order valence-electron chi connectivity index (χ1n) is 5.73. The Morgan fingerprint density at radius 3 is 2.94 bits per heavy atom. The van der Waals surface area contributed by atoms with Gasteiger partial charge in [-0.05, 0) is 37.6 Å². The maximum absolute atomic E-state index is 5.97. The molecule has 0 aliphatic rings. The molecule has 0 saturated heterocycles.